The molecule has 3 heterocycles. The van der Waals surface area contributed by atoms with Gasteiger partial charge >= 0.3 is 0 Å². The molecule has 2 aliphatic heterocycles. The van der Waals surface area contributed by atoms with Crippen molar-refractivity contribution in [1.29, 1.82) is 0 Å². The Labute approximate surface area is 100 Å². The summed E-state index contributed by atoms with van der Waals surface area (Å²) in [6.07, 6.45) is 5.76. The molecule has 2 unspecified atom stereocenters. The van der Waals surface area contributed by atoms with Gasteiger partial charge in [-0.05, 0) is 25.0 Å². The van der Waals surface area contributed by atoms with Crippen LogP contribution in [0.4, 0.5) is 0 Å². The zero-order chi connectivity index (χ0) is 11.0. The second-order valence-electron chi connectivity index (χ2n) is 4.80. The predicted molar refractivity (Wildman–Crippen MR) is 66.0 cm³/mol. The van der Waals surface area contributed by atoms with E-state index < -0.39 is 0 Å². The SMILES string of the molecule is OCC1CCCn2cc(C3CCSC3)nc21. The van der Waals surface area contributed by atoms with E-state index in [2.05, 4.69) is 10.8 Å². The zero-order valence-electron chi connectivity index (χ0n) is 9.43. The van der Waals surface area contributed by atoms with Crippen LogP contribution in [0.5, 0.6) is 0 Å². The average molecular weight is 238 g/mol. The molecular formula is C12H18N2OS. The van der Waals surface area contributed by atoms with Crippen LogP contribution in [0.25, 0.3) is 0 Å². The Morgan fingerprint density at radius 3 is 3.19 bits per heavy atom. The van der Waals surface area contributed by atoms with Gasteiger partial charge in [0.15, 0.2) is 0 Å². The van der Waals surface area contributed by atoms with Crippen molar-refractivity contribution in [3.63, 3.8) is 0 Å². The van der Waals surface area contributed by atoms with Crippen LogP contribution in [0.3, 0.4) is 0 Å². The normalized spacial score (nSPS) is 29.3. The Bertz CT molecular complexity index is 371. The first-order valence-corrected chi connectivity index (χ1v) is 7.29. The molecule has 1 N–H and O–H groups in total. The summed E-state index contributed by atoms with van der Waals surface area (Å²) in [6, 6.07) is 0. The molecule has 4 heteroatoms. The summed E-state index contributed by atoms with van der Waals surface area (Å²) >= 11 is 2.03. The van der Waals surface area contributed by atoms with Gasteiger partial charge in [-0.3, -0.25) is 0 Å². The third-order valence-electron chi connectivity index (χ3n) is 3.71. The minimum absolute atomic E-state index is 0.246. The molecule has 0 saturated carbocycles. The molecule has 1 aromatic heterocycles. The Balaban J connectivity index is 1.89. The van der Waals surface area contributed by atoms with Crippen molar-refractivity contribution >= 4 is 11.8 Å². The highest BCUT2D eigenvalue weighted by Crippen LogP contribution is 2.34. The van der Waals surface area contributed by atoms with Crippen molar-refractivity contribution < 1.29 is 5.11 Å². The fourth-order valence-corrected chi connectivity index (χ4v) is 3.97. The maximum absolute atomic E-state index is 9.35. The van der Waals surface area contributed by atoms with Crippen LogP contribution in [0.1, 0.15) is 42.6 Å². The lowest BCUT2D eigenvalue weighted by Gasteiger charge is -2.21. The van der Waals surface area contributed by atoms with Crippen LogP contribution in [0.15, 0.2) is 6.20 Å². The summed E-state index contributed by atoms with van der Waals surface area (Å²) in [5.74, 6) is 4.55. The molecule has 2 aliphatic rings. The Kier molecular flexibility index (Phi) is 2.94. The van der Waals surface area contributed by atoms with E-state index in [0.717, 1.165) is 18.8 Å². The third kappa shape index (κ3) is 1.78. The average Bonchev–Trinajstić information content (AvgIpc) is 2.96. The second kappa shape index (κ2) is 4.41. The van der Waals surface area contributed by atoms with Gasteiger partial charge in [0.05, 0.1) is 12.3 Å². The van der Waals surface area contributed by atoms with E-state index in [9.17, 15) is 5.11 Å². The monoisotopic (exact) mass is 238 g/mol. The molecule has 16 heavy (non-hydrogen) atoms. The number of thioether (sulfide) groups is 1. The topological polar surface area (TPSA) is 38.0 Å². The largest absolute Gasteiger partial charge is 0.396 e. The standard InChI is InChI=1S/C12H18N2OS/c15-7-9-2-1-4-14-6-11(13-12(9)14)10-3-5-16-8-10/h6,9-10,15H,1-5,7-8H2. The van der Waals surface area contributed by atoms with Gasteiger partial charge in [0.25, 0.3) is 0 Å². The first kappa shape index (κ1) is 10.7. The van der Waals surface area contributed by atoms with Crippen molar-refractivity contribution in [2.24, 2.45) is 0 Å². The van der Waals surface area contributed by atoms with Gasteiger partial charge < -0.3 is 9.67 Å². The molecule has 3 nitrogen and oxygen atoms in total. The van der Waals surface area contributed by atoms with Crippen molar-refractivity contribution in [3.05, 3.63) is 17.7 Å². The highest BCUT2D eigenvalue weighted by molar-refractivity contribution is 7.99. The fourth-order valence-electron chi connectivity index (χ4n) is 2.73. The van der Waals surface area contributed by atoms with E-state index >= 15 is 0 Å². The van der Waals surface area contributed by atoms with E-state index in [0.29, 0.717) is 5.92 Å². The number of fused-ring (bicyclic) bond motifs is 1. The smallest absolute Gasteiger partial charge is 0.114 e. The first-order chi connectivity index (χ1) is 7.88. The third-order valence-corrected chi connectivity index (χ3v) is 4.87. The molecule has 88 valence electrons. The number of aromatic nitrogens is 2. The maximum atomic E-state index is 9.35. The first-order valence-electron chi connectivity index (χ1n) is 6.14. The van der Waals surface area contributed by atoms with Crippen molar-refractivity contribution in [2.45, 2.75) is 37.6 Å². The number of aliphatic hydroxyl groups is 1. The molecule has 0 aromatic carbocycles. The van der Waals surface area contributed by atoms with E-state index in [1.807, 2.05) is 11.8 Å². The summed E-state index contributed by atoms with van der Waals surface area (Å²) in [5.41, 5.74) is 1.26. The predicted octanol–water partition coefficient (Wildman–Crippen LogP) is 1.97. The summed E-state index contributed by atoms with van der Waals surface area (Å²) < 4.78 is 2.27. The molecule has 3 rings (SSSR count). The number of hydrogen-bond acceptors (Lipinski definition) is 3. The lowest BCUT2D eigenvalue weighted by molar-refractivity contribution is 0.238. The summed E-state index contributed by atoms with van der Waals surface area (Å²) in [5, 5.41) is 9.35. The molecule has 0 radical (unpaired) electrons. The van der Waals surface area contributed by atoms with E-state index in [1.165, 1.54) is 30.0 Å². The Morgan fingerprint density at radius 2 is 2.44 bits per heavy atom. The highest BCUT2D eigenvalue weighted by atomic mass is 32.2. The fraction of sp³-hybridized carbons (Fsp3) is 0.750. The highest BCUT2D eigenvalue weighted by Gasteiger charge is 2.26. The van der Waals surface area contributed by atoms with Gasteiger partial charge in [-0.2, -0.15) is 11.8 Å². The van der Waals surface area contributed by atoms with Crippen LogP contribution < -0.4 is 0 Å². The van der Waals surface area contributed by atoms with Gasteiger partial charge in [0.2, 0.25) is 0 Å². The summed E-state index contributed by atoms with van der Waals surface area (Å²) in [6.45, 7) is 1.33. The van der Waals surface area contributed by atoms with Gasteiger partial charge in [-0.25, -0.2) is 4.98 Å². The van der Waals surface area contributed by atoms with Gasteiger partial charge in [0.1, 0.15) is 5.82 Å². The van der Waals surface area contributed by atoms with Crippen LogP contribution in [-0.2, 0) is 6.54 Å². The maximum Gasteiger partial charge on any atom is 0.114 e. The Hall–Kier alpha value is -0.480. The van der Waals surface area contributed by atoms with Crippen molar-refractivity contribution in [3.8, 4) is 0 Å². The minimum Gasteiger partial charge on any atom is -0.396 e. The number of nitrogens with zero attached hydrogens (tertiary/aromatic N) is 2. The van der Waals surface area contributed by atoms with Crippen LogP contribution in [0.2, 0.25) is 0 Å². The molecule has 0 spiro atoms. The summed E-state index contributed by atoms with van der Waals surface area (Å²) in [4.78, 5) is 4.77. The van der Waals surface area contributed by atoms with Crippen molar-refractivity contribution in [1.82, 2.24) is 9.55 Å². The molecule has 0 aliphatic carbocycles. The van der Waals surface area contributed by atoms with Crippen molar-refractivity contribution in [2.75, 3.05) is 18.1 Å². The van der Waals surface area contributed by atoms with Gasteiger partial charge in [-0.15, -0.1) is 0 Å². The molecule has 2 atom stereocenters. The lowest BCUT2D eigenvalue weighted by Crippen LogP contribution is -2.18. The Morgan fingerprint density at radius 1 is 1.50 bits per heavy atom. The zero-order valence-corrected chi connectivity index (χ0v) is 10.2. The number of imidazole rings is 1. The number of hydrogen-bond donors (Lipinski definition) is 1. The van der Waals surface area contributed by atoms with Gasteiger partial charge in [-0.1, -0.05) is 0 Å². The molecule has 0 bridgehead atoms. The summed E-state index contributed by atoms with van der Waals surface area (Å²) in [7, 11) is 0. The number of aryl methyl sites for hydroxylation is 1. The van der Waals surface area contributed by atoms with Crippen LogP contribution in [0, 0.1) is 0 Å². The van der Waals surface area contributed by atoms with E-state index in [4.69, 9.17) is 4.98 Å². The molecule has 0 amide bonds. The van der Waals surface area contributed by atoms with E-state index in [1.54, 1.807) is 0 Å². The molecule has 1 saturated heterocycles. The van der Waals surface area contributed by atoms with E-state index in [-0.39, 0.29) is 12.5 Å². The number of aliphatic hydroxyl groups excluding tert-OH is 1. The van der Waals surface area contributed by atoms with Crippen LogP contribution in [-0.4, -0.2) is 32.8 Å². The number of rotatable bonds is 2. The minimum atomic E-state index is 0.246. The quantitative estimate of drug-likeness (QED) is 0.856. The lowest BCUT2D eigenvalue weighted by atomic mass is 10.0. The molecule has 1 fully saturated rings. The molecule has 1 aromatic rings. The molecular weight excluding hydrogens is 220 g/mol. The second-order valence-corrected chi connectivity index (χ2v) is 5.95. The van der Waals surface area contributed by atoms with Crippen LogP contribution >= 0.6 is 11.8 Å². The van der Waals surface area contributed by atoms with Gasteiger partial charge in [0, 0.05) is 30.3 Å².